The minimum atomic E-state index is -2.85. The Kier molecular flexibility index (Phi) is 10.1. The topological polar surface area (TPSA) is 132 Å². The van der Waals surface area contributed by atoms with Crippen LogP contribution in [0.3, 0.4) is 0 Å². The molecule has 0 aliphatic carbocycles. The molecule has 0 bridgehead atoms. The van der Waals surface area contributed by atoms with Gasteiger partial charge in [0.1, 0.15) is 17.5 Å². The van der Waals surface area contributed by atoms with E-state index in [1.54, 1.807) is 37.2 Å². The highest BCUT2D eigenvalue weighted by atomic mass is 35.5. The maximum absolute atomic E-state index is 14.0. The molecule has 0 spiro atoms. The van der Waals surface area contributed by atoms with Gasteiger partial charge >= 0.3 is 12.6 Å². The SMILES string of the molecule is CC(C)(C)OC(=O)NC[C@@H]1CCC(=O)N1CC1=C(C(=N)/C=C\NC(F)F)[C@H](c2ccc(F)cc2Cl)N=C(c2nccs2)N1. The van der Waals surface area contributed by atoms with Crippen molar-refractivity contribution in [3.05, 3.63) is 74.7 Å². The van der Waals surface area contributed by atoms with Crippen LogP contribution in [0.4, 0.5) is 18.0 Å². The molecule has 1 saturated heterocycles. The van der Waals surface area contributed by atoms with E-state index < -0.39 is 36.1 Å². The van der Waals surface area contributed by atoms with E-state index in [0.29, 0.717) is 28.5 Å². The van der Waals surface area contributed by atoms with Gasteiger partial charge in [0.05, 0.1) is 18.3 Å². The summed E-state index contributed by atoms with van der Waals surface area (Å²) < 4.78 is 44.9. The molecule has 4 N–H and O–H groups in total. The number of amides is 2. The average Bonchev–Trinajstić information content (AvgIpc) is 3.56. The van der Waals surface area contributed by atoms with Gasteiger partial charge in [0.25, 0.3) is 0 Å². The molecule has 0 radical (unpaired) electrons. The molecule has 15 heteroatoms. The third kappa shape index (κ3) is 8.35. The van der Waals surface area contributed by atoms with Gasteiger partial charge in [0, 0.05) is 52.6 Å². The Hall–Kier alpha value is -3.91. The smallest absolute Gasteiger partial charge is 0.407 e. The Bertz CT molecular complexity index is 1460. The third-order valence-corrected chi connectivity index (χ3v) is 7.55. The van der Waals surface area contributed by atoms with Gasteiger partial charge in [-0.3, -0.25) is 9.79 Å². The van der Waals surface area contributed by atoms with E-state index in [1.165, 1.54) is 23.5 Å². The van der Waals surface area contributed by atoms with E-state index in [0.717, 1.165) is 18.3 Å². The maximum atomic E-state index is 14.0. The lowest BCUT2D eigenvalue weighted by Gasteiger charge is -2.32. The molecule has 2 atom stereocenters. The van der Waals surface area contributed by atoms with Gasteiger partial charge < -0.3 is 31.0 Å². The molecule has 3 heterocycles. The van der Waals surface area contributed by atoms with Gasteiger partial charge in [-0.15, -0.1) is 11.3 Å². The standard InChI is InChI=1S/C28H31ClF3N7O3S/c1-28(2,3)42-27(41)36-13-16-5-7-21(40)39(16)14-20-22(19(33)8-9-35-26(31)32)23(17-6-4-15(30)12-18(17)29)38-24(37-20)25-34-10-11-43-25/h4,6,8-12,16,23,26,33,35H,5,7,13-14H2,1-3H3,(H,36,41)(H,37,38)/b9-8-,33-19?/t16-,23-/m0/s1. The lowest BCUT2D eigenvalue weighted by molar-refractivity contribution is -0.128. The number of ether oxygens (including phenoxy) is 1. The highest BCUT2D eigenvalue weighted by Crippen LogP contribution is 2.37. The Morgan fingerprint density at radius 3 is 2.79 bits per heavy atom. The summed E-state index contributed by atoms with van der Waals surface area (Å²) in [6.07, 6.45) is 3.75. The Balaban J connectivity index is 1.74. The van der Waals surface area contributed by atoms with Crippen LogP contribution >= 0.6 is 22.9 Å². The van der Waals surface area contributed by atoms with E-state index >= 15 is 0 Å². The van der Waals surface area contributed by atoms with Gasteiger partial charge in [-0.25, -0.2) is 14.2 Å². The molecular formula is C28H31ClF3N7O3S. The normalized spacial score (nSPS) is 19.1. The first-order valence-electron chi connectivity index (χ1n) is 13.3. The van der Waals surface area contributed by atoms with Gasteiger partial charge in [0.15, 0.2) is 10.8 Å². The number of alkyl halides is 2. The summed E-state index contributed by atoms with van der Waals surface area (Å²) in [5.41, 5.74) is 0.0746. The number of benzene rings is 1. The molecule has 0 saturated carbocycles. The molecule has 2 aliphatic rings. The third-order valence-electron chi connectivity index (χ3n) is 6.44. The Morgan fingerprint density at radius 2 is 2.14 bits per heavy atom. The molecule has 1 fully saturated rings. The second-order valence-electron chi connectivity index (χ2n) is 10.7. The number of hydrogen-bond acceptors (Lipinski definition) is 9. The number of hydrogen-bond donors (Lipinski definition) is 4. The highest BCUT2D eigenvalue weighted by molar-refractivity contribution is 7.11. The van der Waals surface area contributed by atoms with Crippen LogP contribution in [0.5, 0.6) is 0 Å². The first-order valence-corrected chi connectivity index (χ1v) is 14.6. The van der Waals surface area contributed by atoms with Crippen molar-refractivity contribution in [1.29, 1.82) is 5.41 Å². The molecule has 10 nitrogen and oxygen atoms in total. The van der Waals surface area contributed by atoms with Gasteiger partial charge in [-0.05, 0) is 45.4 Å². The lowest BCUT2D eigenvalue weighted by atomic mass is 9.91. The van der Waals surface area contributed by atoms with Crippen LogP contribution in [0.25, 0.3) is 0 Å². The van der Waals surface area contributed by atoms with Crippen molar-refractivity contribution in [2.24, 2.45) is 4.99 Å². The van der Waals surface area contributed by atoms with Gasteiger partial charge in [-0.2, -0.15) is 8.78 Å². The number of nitrogens with zero attached hydrogens (tertiary/aromatic N) is 3. The number of aliphatic imine (C=N–C) groups is 1. The monoisotopic (exact) mass is 637 g/mol. The average molecular weight is 638 g/mol. The molecular weight excluding hydrogens is 607 g/mol. The number of likely N-dealkylation sites (tertiary alicyclic amines) is 1. The Labute approximate surface area is 255 Å². The minimum absolute atomic E-state index is 0.0347. The number of thiazole rings is 1. The number of allylic oxidation sites excluding steroid dienone is 1. The van der Waals surface area contributed by atoms with Crippen molar-refractivity contribution < 1.29 is 27.5 Å². The lowest BCUT2D eigenvalue weighted by Crippen LogP contribution is -2.46. The molecule has 43 heavy (non-hydrogen) atoms. The molecule has 2 aromatic rings. The summed E-state index contributed by atoms with van der Waals surface area (Å²) in [6.45, 7) is 2.47. The largest absolute Gasteiger partial charge is 0.444 e. The van der Waals surface area contributed by atoms with E-state index in [2.05, 4.69) is 15.6 Å². The highest BCUT2D eigenvalue weighted by Gasteiger charge is 2.36. The first kappa shape index (κ1) is 32.0. The summed E-state index contributed by atoms with van der Waals surface area (Å²) in [7, 11) is 0. The van der Waals surface area contributed by atoms with Crippen molar-refractivity contribution in [3.8, 4) is 0 Å². The van der Waals surface area contributed by atoms with Crippen molar-refractivity contribution in [2.45, 2.75) is 57.8 Å². The molecule has 2 aliphatic heterocycles. The van der Waals surface area contributed by atoms with Crippen LogP contribution in [0.15, 0.2) is 58.3 Å². The van der Waals surface area contributed by atoms with Crippen LogP contribution < -0.4 is 16.0 Å². The predicted molar refractivity (Wildman–Crippen MR) is 158 cm³/mol. The zero-order chi connectivity index (χ0) is 31.3. The van der Waals surface area contributed by atoms with Crippen molar-refractivity contribution in [3.63, 3.8) is 0 Å². The Morgan fingerprint density at radius 1 is 1.37 bits per heavy atom. The predicted octanol–water partition coefficient (Wildman–Crippen LogP) is 5.14. The van der Waals surface area contributed by atoms with Crippen LogP contribution in [0.2, 0.25) is 5.02 Å². The number of halogens is 4. The molecule has 2 amide bonds. The van der Waals surface area contributed by atoms with Crippen molar-refractivity contribution in [2.75, 3.05) is 13.1 Å². The number of carbonyl (C=O) groups excluding carboxylic acids is 2. The maximum Gasteiger partial charge on any atom is 0.407 e. The molecule has 4 rings (SSSR count). The fourth-order valence-electron chi connectivity index (χ4n) is 4.64. The number of nitrogens with one attached hydrogen (secondary N) is 4. The summed E-state index contributed by atoms with van der Waals surface area (Å²) in [5, 5.41) is 18.9. The second-order valence-corrected chi connectivity index (χ2v) is 12.0. The van der Waals surface area contributed by atoms with E-state index in [1.807, 2.05) is 5.32 Å². The number of aromatic nitrogens is 1. The van der Waals surface area contributed by atoms with Crippen LogP contribution in [0.1, 0.15) is 50.2 Å². The summed E-state index contributed by atoms with van der Waals surface area (Å²) in [4.78, 5) is 36.0. The van der Waals surface area contributed by atoms with Gasteiger partial charge in [0.2, 0.25) is 5.91 Å². The minimum Gasteiger partial charge on any atom is -0.444 e. The fraction of sp³-hybridized carbons (Fsp3) is 0.393. The summed E-state index contributed by atoms with van der Waals surface area (Å²) in [5.74, 6) is -0.422. The zero-order valence-corrected chi connectivity index (χ0v) is 25.2. The first-order chi connectivity index (χ1) is 20.3. The van der Waals surface area contributed by atoms with Crippen LogP contribution in [-0.4, -0.2) is 64.7 Å². The molecule has 1 aromatic carbocycles. The zero-order valence-electron chi connectivity index (χ0n) is 23.6. The van der Waals surface area contributed by atoms with E-state index in [-0.39, 0.29) is 41.7 Å². The van der Waals surface area contributed by atoms with E-state index in [4.69, 9.17) is 26.7 Å². The number of rotatable bonds is 10. The van der Waals surface area contributed by atoms with Crippen LogP contribution in [0, 0.1) is 11.2 Å². The molecule has 1 aromatic heterocycles. The van der Waals surface area contributed by atoms with E-state index in [9.17, 15) is 22.8 Å². The molecule has 0 unspecified atom stereocenters. The number of carbonyl (C=O) groups is 2. The fourth-order valence-corrected chi connectivity index (χ4v) is 5.49. The van der Waals surface area contributed by atoms with Crippen molar-refractivity contribution in [1.82, 2.24) is 25.8 Å². The number of amidine groups is 1. The van der Waals surface area contributed by atoms with Gasteiger partial charge in [-0.1, -0.05) is 17.7 Å². The van der Waals surface area contributed by atoms with Crippen LogP contribution in [-0.2, 0) is 9.53 Å². The summed E-state index contributed by atoms with van der Waals surface area (Å²) in [6, 6.07) is 2.41. The quantitative estimate of drug-likeness (QED) is 0.211. The van der Waals surface area contributed by atoms with Crippen molar-refractivity contribution >= 4 is 46.5 Å². The molecule has 230 valence electrons. The summed E-state index contributed by atoms with van der Waals surface area (Å²) >= 11 is 7.75. The number of alkyl carbamates (subject to hydrolysis) is 1. The second kappa shape index (κ2) is 13.6.